The van der Waals surface area contributed by atoms with E-state index in [1.807, 2.05) is 0 Å². The second-order valence-electron chi connectivity index (χ2n) is 6.17. The maximum absolute atomic E-state index is 12.2. The number of benzene rings is 1. The van der Waals surface area contributed by atoms with Crippen LogP contribution in [0, 0.1) is 11.3 Å². The van der Waals surface area contributed by atoms with Crippen LogP contribution in [0.5, 0.6) is 0 Å². The third-order valence-electron chi connectivity index (χ3n) is 5.13. The van der Waals surface area contributed by atoms with Gasteiger partial charge in [-0.15, -0.1) is 0 Å². The summed E-state index contributed by atoms with van der Waals surface area (Å²) in [5, 5.41) is 0.602. The largest absolute Gasteiger partial charge is 0.336 e. The van der Waals surface area contributed by atoms with Crippen LogP contribution in [0.1, 0.15) is 60.2 Å². The second kappa shape index (κ2) is 5.23. The molecule has 2 amide bonds. The SMILES string of the molecule is CCC1(CC)CC(C(=O)ON2C(=O)c3ccccc3C2=O)C1. The fourth-order valence-electron chi connectivity index (χ4n) is 3.39. The van der Waals surface area contributed by atoms with E-state index in [-0.39, 0.29) is 22.5 Å². The van der Waals surface area contributed by atoms with Gasteiger partial charge in [-0.25, -0.2) is 4.79 Å². The molecular weight excluding hydrogens is 282 g/mol. The molecule has 0 radical (unpaired) electrons. The van der Waals surface area contributed by atoms with Crippen LogP contribution in [-0.2, 0) is 9.63 Å². The van der Waals surface area contributed by atoms with Gasteiger partial charge in [0.15, 0.2) is 0 Å². The fraction of sp³-hybridized carbons (Fsp3) is 0.471. The van der Waals surface area contributed by atoms with Crippen molar-refractivity contribution in [2.45, 2.75) is 39.5 Å². The number of rotatable bonds is 4. The molecule has 1 heterocycles. The Morgan fingerprint density at radius 3 is 2.09 bits per heavy atom. The van der Waals surface area contributed by atoms with Gasteiger partial charge in [-0.3, -0.25) is 9.59 Å². The van der Waals surface area contributed by atoms with Crippen LogP contribution < -0.4 is 0 Å². The quantitative estimate of drug-likeness (QED) is 0.802. The molecule has 1 aliphatic carbocycles. The maximum atomic E-state index is 12.2. The van der Waals surface area contributed by atoms with Gasteiger partial charge >= 0.3 is 5.97 Å². The average molecular weight is 301 g/mol. The highest BCUT2D eigenvalue weighted by Crippen LogP contribution is 2.51. The van der Waals surface area contributed by atoms with Gasteiger partial charge in [0.05, 0.1) is 17.0 Å². The predicted molar refractivity (Wildman–Crippen MR) is 78.8 cm³/mol. The molecule has 3 rings (SSSR count). The van der Waals surface area contributed by atoms with Crippen LogP contribution in [0.3, 0.4) is 0 Å². The molecule has 0 saturated heterocycles. The molecule has 1 aromatic rings. The minimum Gasteiger partial charge on any atom is -0.329 e. The second-order valence-corrected chi connectivity index (χ2v) is 6.17. The lowest BCUT2D eigenvalue weighted by molar-refractivity contribution is -0.182. The van der Waals surface area contributed by atoms with Crippen molar-refractivity contribution in [3.8, 4) is 0 Å². The van der Waals surface area contributed by atoms with Crippen molar-refractivity contribution in [1.82, 2.24) is 5.06 Å². The van der Waals surface area contributed by atoms with Crippen molar-refractivity contribution < 1.29 is 19.2 Å². The zero-order valence-corrected chi connectivity index (χ0v) is 12.8. The van der Waals surface area contributed by atoms with Crippen molar-refractivity contribution in [1.29, 1.82) is 0 Å². The molecule has 1 aromatic carbocycles. The molecular formula is C17H19NO4. The smallest absolute Gasteiger partial charge is 0.329 e. The van der Waals surface area contributed by atoms with Crippen LogP contribution in [0.4, 0.5) is 0 Å². The summed E-state index contributed by atoms with van der Waals surface area (Å²) in [7, 11) is 0. The molecule has 2 aliphatic rings. The molecule has 0 aromatic heterocycles. The molecule has 0 bridgehead atoms. The highest BCUT2D eigenvalue weighted by molar-refractivity contribution is 6.20. The van der Waals surface area contributed by atoms with Gasteiger partial charge in [0.2, 0.25) is 0 Å². The molecule has 0 N–H and O–H groups in total. The van der Waals surface area contributed by atoms with Crippen LogP contribution in [-0.4, -0.2) is 22.8 Å². The van der Waals surface area contributed by atoms with Crippen LogP contribution in [0.15, 0.2) is 24.3 Å². The first kappa shape index (κ1) is 14.8. The van der Waals surface area contributed by atoms with E-state index in [1.165, 1.54) is 0 Å². The summed E-state index contributed by atoms with van der Waals surface area (Å²) < 4.78 is 0. The zero-order valence-electron chi connectivity index (χ0n) is 12.8. The Bertz CT molecular complexity index is 605. The fourth-order valence-corrected chi connectivity index (χ4v) is 3.39. The van der Waals surface area contributed by atoms with Gasteiger partial charge < -0.3 is 4.84 Å². The number of carbonyl (C=O) groups is 3. The van der Waals surface area contributed by atoms with E-state index in [2.05, 4.69) is 13.8 Å². The summed E-state index contributed by atoms with van der Waals surface area (Å²) in [5.41, 5.74) is 0.779. The van der Waals surface area contributed by atoms with Crippen LogP contribution in [0.25, 0.3) is 0 Å². The summed E-state index contributed by atoms with van der Waals surface area (Å²) in [6, 6.07) is 6.48. The number of carbonyl (C=O) groups excluding carboxylic acids is 3. The molecule has 0 spiro atoms. The van der Waals surface area contributed by atoms with Crippen molar-refractivity contribution in [3.63, 3.8) is 0 Å². The minimum absolute atomic E-state index is 0.214. The number of amides is 2. The third-order valence-corrected chi connectivity index (χ3v) is 5.13. The summed E-state index contributed by atoms with van der Waals surface area (Å²) in [5.74, 6) is -1.83. The number of imide groups is 1. The first-order chi connectivity index (χ1) is 10.5. The van der Waals surface area contributed by atoms with Gasteiger partial charge in [-0.1, -0.05) is 43.9 Å². The predicted octanol–water partition coefficient (Wildman–Crippen LogP) is 2.96. The van der Waals surface area contributed by atoms with E-state index >= 15 is 0 Å². The number of nitrogens with zero attached hydrogens (tertiary/aromatic N) is 1. The van der Waals surface area contributed by atoms with Crippen molar-refractivity contribution in [3.05, 3.63) is 35.4 Å². The summed E-state index contributed by atoms with van der Waals surface area (Å²) in [6.45, 7) is 4.24. The molecule has 5 heteroatoms. The van der Waals surface area contributed by atoms with Crippen molar-refractivity contribution in [2.75, 3.05) is 0 Å². The zero-order chi connectivity index (χ0) is 15.9. The standard InChI is InChI=1S/C17H19NO4/c1-3-17(4-2)9-11(10-17)16(21)22-18-14(19)12-7-5-6-8-13(12)15(18)20/h5-8,11H,3-4,9-10H2,1-2H3. The Kier molecular flexibility index (Phi) is 3.51. The van der Waals surface area contributed by atoms with Crippen molar-refractivity contribution >= 4 is 17.8 Å². The lowest BCUT2D eigenvalue weighted by Gasteiger charge is -2.45. The molecule has 0 unspecified atom stereocenters. The van der Waals surface area contributed by atoms with E-state index in [0.29, 0.717) is 5.06 Å². The van der Waals surface area contributed by atoms with Gasteiger partial charge in [0.1, 0.15) is 0 Å². The Morgan fingerprint density at radius 1 is 1.14 bits per heavy atom. The maximum Gasteiger partial charge on any atom is 0.336 e. The van der Waals surface area contributed by atoms with E-state index < -0.39 is 17.8 Å². The average Bonchev–Trinajstić information content (AvgIpc) is 2.73. The molecule has 22 heavy (non-hydrogen) atoms. The molecule has 0 atom stereocenters. The normalized spacial score (nSPS) is 19.8. The molecule has 1 aliphatic heterocycles. The number of fused-ring (bicyclic) bond motifs is 1. The van der Waals surface area contributed by atoms with E-state index in [0.717, 1.165) is 25.7 Å². The molecule has 1 fully saturated rings. The Balaban J connectivity index is 1.67. The number of hydrogen-bond donors (Lipinski definition) is 0. The lowest BCUT2D eigenvalue weighted by atomic mass is 9.59. The molecule has 116 valence electrons. The lowest BCUT2D eigenvalue weighted by Crippen LogP contribution is -2.44. The topological polar surface area (TPSA) is 63.7 Å². The summed E-state index contributed by atoms with van der Waals surface area (Å²) in [6.07, 6.45) is 3.59. The van der Waals surface area contributed by atoms with Gasteiger partial charge in [0, 0.05) is 0 Å². The number of hydroxylamine groups is 2. The van der Waals surface area contributed by atoms with Crippen molar-refractivity contribution in [2.24, 2.45) is 11.3 Å². The van der Waals surface area contributed by atoms with E-state index in [4.69, 9.17) is 4.84 Å². The van der Waals surface area contributed by atoms with Gasteiger partial charge in [-0.2, -0.15) is 0 Å². The summed E-state index contributed by atoms with van der Waals surface area (Å²) in [4.78, 5) is 41.6. The first-order valence-electron chi connectivity index (χ1n) is 7.71. The minimum atomic E-state index is -0.564. The molecule has 5 nitrogen and oxygen atoms in total. The van der Waals surface area contributed by atoms with E-state index in [9.17, 15) is 14.4 Å². The van der Waals surface area contributed by atoms with Gasteiger partial charge in [-0.05, 0) is 30.4 Å². The third kappa shape index (κ3) is 2.12. The van der Waals surface area contributed by atoms with Gasteiger partial charge in [0.25, 0.3) is 11.8 Å². The highest BCUT2D eigenvalue weighted by Gasteiger charge is 2.47. The monoisotopic (exact) mass is 301 g/mol. The summed E-state index contributed by atoms with van der Waals surface area (Å²) >= 11 is 0. The Labute approximate surface area is 129 Å². The molecule has 1 saturated carbocycles. The van der Waals surface area contributed by atoms with Crippen LogP contribution in [0.2, 0.25) is 0 Å². The van der Waals surface area contributed by atoms with Crippen LogP contribution >= 0.6 is 0 Å². The number of hydrogen-bond acceptors (Lipinski definition) is 4. The first-order valence-corrected chi connectivity index (χ1v) is 7.71. The highest BCUT2D eigenvalue weighted by atomic mass is 16.7. The Hall–Kier alpha value is -2.17. The van der Waals surface area contributed by atoms with E-state index in [1.54, 1.807) is 24.3 Å². The Morgan fingerprint density at radius 2 is 1.64 bits per heavy atom.